The molecule has 0 amide bonds. The third-order valence-corrected chi connectivity index (χ3v) is 2.78. The Bertz CT molecular complexity index is 444. The van der Waals surface area contributed by atoms with Gasteiger partial charge in [0.15, 0.2) is 0 Å². The third kappa shape index (κ3) is 4.38. The standard InChI is InChI=1S/C12H13Cl2NO2/c1-8(16)3-6-12(15-17-2)9-4-5-10(13)11(14)7-9/h4-7,15H,3H2,1-2H3. The van der Waals surface area contributed by atoms with Crippen LogP contribution in [0.5, 0.6) is 0 Å². The molecule has 1 aromatic rings. The molecule has 0 radical (unpaired) electrons. The minimum absolute atomic E-state index is 0.0699. The van der Waals surface area contributed by atoms with Gasteiger partial charge in [-0.2, -0.15) is 0 Å². The lowest BCUT2D eigenvalue weighted by Gasteiger charge is -2.09. The van der Waals surface area contributed by atoms with Gasteiger partial charge in [-0.05, 0) is 19.1 Å². The predicted molar refractivity (Wildman–Crippen MR) is 69.9 cm³/mol. The van der Waals surface area contributed by atoms with Crippen LogP contribution < -0.4 is 5.48 Å². The average molecular weight is 274 g/mol. The lowest BCUT2D eigenvalue weighted by Crippen LogP contribution is -2.10. The van der Waals surface area contributed by atoms with E-state index < -0.39 is 0 Å². The van der Waals surface area contributed by atoms with E-state index in [2.05, 4.69) is 5.48 Å². The summed E-state index contributed by atoms with van der Waals surface area (Å²) in [5.41, 5.74) is 4.20. The Morgan fingerprint density at radius 3 is 2.65 bits per heavy atom. The first-order valence-electron chi connectivity index (χ1n) is 4.98. The number of halogens is 2. The normalized spacial score (nSPS) is 11.4. The van der Waals surface area contributed by atoms with Crippen molar-refractivity contribution in [2.24, 2.45) is 0 Å². The van der Waals surface area contributed by atoms with Crippen molar-refractivity contribution in [3.63, 3.8) is 0 Å². The van der Waals surface area contributed by atoms with Crippen molar-refractivity contribution in [1.29, 1.82) is 0 Å². The molecule has 1 rings (SSSR count). The highest BCUT2D eigenvalue weighted by Crippen LogP contribution is 2.25. The van der Waals surface area contributed by atoms with E-state index in [4.69, 9.17) is 28.0 Å². The van der Waals surface area contributed by atoms with Gasteiger partial charge in [-0.1, -0.05) is 35.3 Å². The highest BCUT2D eigenvalue weighted by molar-refractivity contribution is 6.42. The van der Waals surface area contributed by atoms with Gasteiger partial charge in [0.05, 0.1) is 22.9 Å². The molecule has 3 nitrogen and oxygen atoms in total. The van der Waals surface area contributed by atoms with Gasteiger partial charge < -0.3 is 0 Å². The number of Topliss-reactive ketones (excluding diaryl/α,β-unsaturated/α-hetero) is 1. The number of allylic oxidation sites excluding steroid dienone is 1. The van der Waals surface area contributed by atoms with E-state index in [1.165, 1.54) is 14.0 Å². The van der Waals surface area contributed by atoms with Crippen LogP contribution in [-0.2, 0) is 9.63 Å². The Balaban J connectivity index is 3.00. The third-order valence-electron chi connectivity index (χ3n) is 2.04. The van der Waals surface area contributed by atoms with Gasteiger partial charge in [0, 0.05) is 12.0 Å². The molecule has 0 heterocycles. The summed E-state index contributed by atoms with van der Waals surface area (Å²) in [6.45, 7) is 1.52. The molecule has 0 fully saturated rings. The highest BCUT2D eigenvalue weighted by atomic mass is 35.5. The summed E-state index contributed by atoms with van der Waals surface area (Å²) < 4.78 is 0. The zero-order valence-corrected chi connectivity index (χ0v) is 11.1. The first-order valence-corrected chi connectivity index (χ1v) is 5.74. The Morgan fingerprint density at radius 1 is 1.41 bits per heavy atom. The van der Waals surface area contributed by atoms with Crippen LogP contribution in [0.15, 0.2) is 24.3 Å². The van der Waals surface area contributed by atoms with E-state index in [-0.39, 0.29) is 5.78 Å². The lowest BCUT2D eigenvalue weighted by atomic mass is 10.1. The highest BCUT2D eigenvalue weighted by Gasteiger charge is 2.05. The first kappa shape index (κ1) is 14.0. The Morgan fingerprint density at radius 2 is 2.12 bits per heavy atom. The fourth-order valence-electron chi connectivity index (χ4n) is 1.24. The lowest BCUT2D eigenvalue weighted by molar-refractivity contribution is -0.116. The van der Waals surface area contributed by atoms with Gasteiger partial charge in [0.25, 0.3) is 0 Å². The van der Waals surface area contributed by atoms with E-state index in [0.717, 1.165) is 5.56 Å². The maximum atomic E-state index is 10.9. The molecule has 92 valence electrons. The number of nitrogens with one attached hydrogen (secondary N) is 1. The Kier molecular flexibility index (Phi) is 5.48. The van der Waals surface area contributed by atoms with Crippen molar-refractivity contribution >= 4 is 34.7 Å². The largest absolute Gasteiger partial charge is 0.300 e. The van der Waals surface area contributed by atoms with Crippen molar-refractivity contribution in [3.8, 4) is 0 Å². The van der Waals surface area contributed by atoms with Crippen molar-refractivity contribution in [3.05, 3.63) is 39.9 Å². The molecule has 0 aliphatic rings. The Labute approximate surface area is 110 Å². The van der Waals surface area contributed by atoms with Gasteiger partial charge in [0.2, 0.25) is 0 Å². The van der Waals surface area contributed by atoms with E-state index in [9.17, 15) is 4.79 Å². The summed E-state index contributed by atoms with van der Waals surface area (Å²) in [6, 6.07) is 5.20. The number of hydrogen-bond donors (Lipinski definition) is 1. The maximum Gasteiger partial charge on any atom is 0.133 e. The SMILES string of the molecule is CONC(=CCC(C)=O)c1ccc(Cl)c(Cl)c1. The average Bonchev–Trinajstić information content (AvgIpc) is 2.28. The molecule has 0 saturated carbocycles. The quantitative estimate of drug-likeness (QED) is 0.835. The first-order chi connectivity index (χ1) is 8.04. The van der Waals surface area contributed by atoms with Crippen molar-refractivity contribution in [1.82, 2.24) is 5.48 Å². The molecule has 0 atom stereocenters. The van der Waals surface area contributed by atoms with Crippen LogP contribution in [-0.4, -0.2) is 12.9 Å². The van der Waals surface area contributed by atoms with Crippen LogP contribution in [0.4, 0.5) is 0 Å². The van der Waals surface area contributed by atoms with Gasteiger partial charge in [0.1, 0.15) is 5.78 Å². The van der Waals surface area contributed by atoms with Crippen LogP contribution in [0.2, 0.25) is 10.0 Å². The molecule has 1 N–H and O–H groups in total. The van der Waals surface area contributed by atoms with Gasteiger partial charge in [-0.15, -0.1) is 0 Å². The topological polar surface area (TPSA) is 38.3 Å². The summed E-state index contributed by atoms with van der Waals surface area (Å²) in [5, 5.41) is 0.939. The molecule has 0 bridgehead atoms. The zero-order valence-electron chi connectivity index (χ0n) is 9.59. The van der Waals surface area contributed by atoms with Crippen molar-refractivity contribution in [2.45, 2.75) is 13.3 Å². The fourth-order valence-corrected chi connectivity index (χ4v) is 1.54. The van der Waals surface area contributed by atoms with Gasteiger partial charge >= 0.3 is 0 Å². The number of carbonyl (C=O) groups excluding carboxylic acids is 1. The van der Waals surface area contributed by atoms with E-state index >= 15 is 0 Å². The molecule has 0 aromatic heterocycles. The van der Waals surface area contributed by atoms with Crippen LogP contribution in [0.25, 0.3) is 5.70 Å². The Hall–Kier alpha value is -1.03. The molecular formula is C12H13Cl2NO2. The zero-order chi connectivity index (χ0) is 12.8. The van der Waals surface area contributed by atoms with Crippen molar-refractivity contribution < 1.29 is 9.63 Å². The number of hydrogen-bond acceptors (Lipinski definition) is 3. The summed E-state index contributed by atoms with van der Waals surface area (Å²) >= 11 is 11.8. The number of carbonyl (C=O) groups is 1. The maximum absolute atomic E-state index is 10.9. The van der Waals surface area contributed by atoms with E-state index in [1.54, 1.807) is 24.3 Å². The predicted octanol–water partition coefficient (Wildman–Crippen LogP) is 3.46. The molecule has 0 aliphatic heterocycles. The van der Waals surface area contributed by atoms with Crippen LogP contribution >= 0.6 is 23.2 Å². The minimum atomic E-state index is 0.0699. The number of rotatable bonds is 5. The summed E-state index contributed by atoms with van der Waals surface area (Å²) in [7, 11) is 1.50. The van der Waals surface area contributed by atoms with Crippen LogP contribution in [0.1, 0.15) is 18.9 Å². The minimum Gasteiger partial charge on any atom is -0.300 e. The van der Waals surface area contributed by atoms with Crippen LogP contribution in [0.3, 0.4) is 0 Å². The molecule has 0 spiro atoms. The second-order valence-electron chi connectivity index (χ2n) is 3.46. The molecule has 0 saturated heterocycles. The van der Waals surface area contributed by atoms with Gasteiger partial charge in [-0.25, -0.2) is 0 Å². The summed E-state index contributed by atoms with van der Waals surface area (Å²) in [6.07, 6.45) is 2.07. The smallest absolute Gasteiger partial charge is 0.133 e. The van der Waals surface area contributed by atoms with Crippen molar-refractivity contribution in [2.75, 3.05) is 7.11 Å². The number of benzene rings is 1. The molecule has 0 aliphatic carbocycles. The number of hydroxylamine groups is 1. The second-order valence-corrected chi connectivity index (χ2v) is 4.27. The molecule has 0 unspecified atom stereocenters. The fraction of sp³-hybridized carbons (Fsp3) is 0.250. The summed E-state index contributed by atoms with van der Waals surface area (Å²) in [4.78, 5) is 15.8. The molecular weight excluding hydrogens is 261 g/mol. The van der Waals surface area contributed by atoms with E-state index in [1.807, 2.05) is 0 Å². The monoisotopic (exact) mass is 273 g/mol. The second kappa shape index (κ2) is 6.64. The van der Waals surface area contributed by atoms with Crippen LogP contribution in [0, 0.1) is 0 Å². The van der Waals surface area contributed by atoms with E-state index in [0.29, 0.717) is 22.2 Å². The number of ketones is 1. The molecule has 17 heavy (non-hydrogen) atoms. The van der Waals surface area contributed by atoms with Gasteiger partial charge in [-0.3, -0.25) is 15.1 Å². The molecule has 5 heteroatoms. The summed E-state index contributed by atoms with van der Waals surface area (Å²) in [5.74, 6) is 0.0699. The molecule has 1 aromatic carbocycles.